The van der Waals surface area contributed by atoms with Gasteiger partial charge < -0.3 is 20.3 Å². The van der Waals surface area contributed by atoms with Gasteiger partial charge in [-0.2, -0.15) is 0 Å². The summed E-state index contributed by atoms with van der Waals surface area (Å²) in [6, 6.07) is 15.6. The Morgan fingerprint density at radius 3 is 2.56 bits per heavy atom. The maximum Gasteiger partial charge on any atom is 0.129 e. The Morgan fingerprint density at radius 1 is 1.00 bits per heavy atom. The second-order valence-electron chi connectivity index (χ2n) is 9.43. The average Bonchev–Trinajstić information content (AvgIpc) is 3.74. The van der Waals surface area contributed by atoms with E-state index in [0.717, 1.165) is 41.2 Å². The van der Waals surface area contributed by atoms with Crippen LogP contribution in [0.5, 0.6) is 5.75 Å². The van der Waals surface area contributed by atoms with E-state index >= 15 is 0 Å². The first-order valence-corrected chi connectivity index (χ1v) is 12.4. The quantitative estimate of drug-likeness (QED) is 0.477. The van der Waals surface area contributed by atoms with Gasteiger partial charge in [0.25, 0.3) is 0 Å². The van der Waals surface area contributed by atoms with Crippen molar-refractivity contribution in [2.45, 2.75) is 50.6 Å². The number of benzene rings is 1. The molecule has 2 N–H and O–H groups in total. The van der Waals surface area contributed by atoms with Crippen molar-refractivity contribution in [1.29, 1.82) is 0 Å². The number of methoxy groups -OCH3 is 1. The maximum atomic E-state index is 5.50. The third-order valence-corrected chi connectivity index (χ3v) is 6.93. The highest BCUT2D eigenvalue weighted by Gasteiger charge is 2.31. The lowest BCUT2D eigenvalue weighted by molar-refractivity contribution is 0.210. The molecule has 1 aliphatic carbocycles. The molecule has 0 spiro atoms. The fourth-order valence-electron chi connectivity index (χ4n) is 4.74. The molecule has 3 heterocycles. The molecular weight excluding hydrogens is 424 g/mol. The number of likely N-dealkylation sites (tertiary alicyclic amines) is 1. The Balaban J connectivity index is 1.17. The Hall–Kier alpha value is -3.19. The Morgan fingerprint density at radius 2 is 1.82 bits per heavy atom. The fraction of sp³-hybridized carbons (Fsp3) is 0.444. The molecule has 5 rings (SSSR count). The molecule has 0 amide bonds. The van der Waals surface area contributed by atoms with Crippen LogP contribution in [-0.4, -0.2) is 58.7 Å². The summed E-state index contributed by atoms with van der Waals surface area (Å²) in [7, 11) is 1.71. The predicted molar refractivity (Wildman–Crippen MR) is 136 cm³/mol. The second-order valence-corrected chi connectivity index (χ2v) is 9.43. The summed E-state index contributed by atoms with van der Waals surface area (Å²) < 4.78 is 5.50. The molecule has 178 valence electrons. The van der Waals surface area contributed by atoms with E-state index in [1.807, 2.05) is 30.5 Å². The minimum absolute atomic E-state index is 0.276. The molecule has 3 aromatic rings. The molecule has 2 aromatic heterocycles. The van der Waals surface area contributed by atoms with E-state index in [2.05, 4.69) is 55.6 Å². The smallest absolute Gasteiger partial charge is 0.129 e. The number of hydrogen-bond acceptors (Lipinski definition) is 7. The molecule has 1 aliphatic heterocycles. The van der Waals surface area contributed by atoms with Crippen molar-refractivity contribution in [1.82, 2.24) is 19.9 Å². The van der Waals surface area contributed by atoms with Gasteiger partial charge in [0, 0.05) is 55.5 Å². The largest absolute Gasteiger partial charge is 0.496 e. The zero-order valence-electron chi connectivity index (χ0n) is 20.1. The summed E-state index contributed by atoms with van der Waals surface area (Å²) in [6.07, 6.45) is 8.66. The number of ether oxygens (including phenoxy) is 1. The summed E-state index contributed by atoms with van der Waals surface area (Å²) in [5, 5.41) is 7.06. The molecule has 1 saturated carbocycles. The van der Waals surface area contributed by atoms with Crippen molar-refractivity contribution in [3.8, 4) is 17.0 Å². The number of rotatable bonds is 9. The minimum atomic E-state index is 0.276. The number of pyridine rings is 1. The van der Waals surface area contributed by atoms with Crippen LogP contribution in [0.3, 0.4) is 0 Å². The summed E-state index contributed by atoms with van der Waals surface area (Å²) in [4.78, 5) is 16.2. The number of anilines is 2. The van der Waals surface area contributed by atoms with Crippen LogP contribution in [-0.2, 0) is 0 Å². The lowest BCUT2D eigenvalue weighted by atomic mass is 10.00. The van der Waals surface area contributed by atoms with Gasteiger partial charge in [0.15, 0.2) is 0 Å². The summed E-state index contributed by atoms with van der Waals surface area (Å²) in [6.45, 7) is 5.33. The van der Waals surface area contributed by atoms with Crippen LogP contribution in [0.2, 0.25) is 0 Å². The minimum Gasteiger partial charge on any atom is -0.496 e. The van der Waals surface area contributed by atoms with E-state index < -0.39 is 0 Å². The van der Waals surface area contributed by atoms with E-state index in [1.54, 1.807) is 13.4 Å². The topological polar surface area (TPSA) is 75.2 Å². The van der Waals surface area contributed by atoms with Gasteiger partial charge in [0.1, 0.15) is 23.7 Å². The van der Waals surface area contributed by atoms with Gasteiger partial charge >= 0.3 is 0 Å². The maximum absolute atomic E-state index is 5.50. The van der Waals surface area contributed by atoms with Crippen molar-refractivity contribution in [2.24, 2.45) is 0 Å². The predicted octanol–water partition coefficient (Wildman–Crippen LogP) is 4.80. The van der Waals surface area contributed by atoms with Crippen LogP contribution in [0.15, 0.2) is 55.0 Å². The van der Waals surface area contributed by atoms with Gasteiger partial charge in [0.05, 0.1) is 12.8 Å². The summed E-state index contributed by atoms with van der Waals surface area (Å²) in [5.41, 5.74) is 3.02. The Labute approximate surface area is 202 Å². The first-order valence-electron chi connectivity index (χ1n) is 12.4. The molecule has 1 atom stereocenters. The fourth-order valence-corrected chi connectivity index (χ4v) is 4.74. The molecule has 1 aromatic carbocycles. The molecule has 2 fully saturated rings. The van der Waals surface area contributed by atoms with Crippen LogP contribution in [0, 0.1) is 0 Å². The average molecular weight is 459 g/mol. The van der Waals surface area contributed by atoms with Crippen LogP contribution >= 0.6 is 0 Å². The highest BCUT2D eigenvalue weighted by Crippen LogP contribution is 2.30. The zero-order chi connectivity index (χ0) is 23.3. The van der Waals surface area contributed by atoms with Crippen molar-refractivity contribution >= 4 is 11.6 Å². The van der Waals surface area contributed by atoms with Gasteiger partial charge in [-0.25, -0.2) is 15.0 Å². The number of aromatic nitrogens is 3. The standard InChI is InChI=1S/C27H34N6O/c1-19(23-5-3-4-6-25(23)34-2)16-28-27-15-24(30-18-31-27)20-7-10-26(29-17-20)32-21-11-13-33(14-12-21)22-8-9-22/h3-7,10,15,17-19,21-22H,8-9,11-14,16H2,1-2H3,(H,29,32)(H,28,30,31)/t19-/m1/s1. The highest BCUT2D eigenvalue weighted by atomic mass is 16.5. The van der Waals surface area contributed by atoms with Gasteiger partial charge in [-0.15, -0.1) is 0 Å². The number of hydrogen-bond donors (Lipinski definition) is 2. The molecule has 7 nitrogen and oxygen atoms in total. The SMILES string of the molecule is COc1ccccc1[C@H](C)CNc1cc(-c2ccc(NC3CCN(C4CC4)CC3)nc2)ncn1. The lowest BCUT2D eigenvalue weighted by Gasteiger charge is -2.32. The Bertz CT molecular complexity index is 1080. The molecule has 34 heavy (non-hydrogen) atoms. The van der Waals surface area contributed by atoms with Crippen LogP contribution in [0.25, 0.3) is 11.3 Å². The second kappa shape index (κ2) is 10.4. The van der Waals surface area contributed by atoms with E-state index in [9.17, 15) is 0 Å². The van der Waals surface area contributed by atoms with Crippen LogP contribution in [0.4, 0.5) is 11.6 Å². The normalized spacial score (nSPS) is 17.8. The van der Waals surface area contributed by atoms with E-state index in [1.165, 1.54) is 44.3 Å². The number of nitrogens with zero attached hydrogens (tertiary/aromatic N) is 4. The monoisotopic (exact) mass is 458 g/mol. The molecule has 0 unspecified atom stereocenters. The number of para-hydroxylation sites is 1. The summed E-state index contributed by atoms with van der Waals surface area (Å²) in [5.74, 6) is 2.93. The van der Waals surface area contributed by atoms with Crippen molar-refractivity contribution < 1.29 is 4.74 Å². The molecule has 7 heteroatoms. The lowest BCUT2D eigenvalue weighted by Crippen LogP contribution is -2.40. The van der Waals surface area contributed by atoms with E-state index in [-0.39, 0.29) is 5.92 Å². The third-order valence-electron chi connectivity index (χ3n) is 6.93. The van der Waals surface area contributed by atoms with Crippen molar-refractivity contribution in [3.05, 3.63) is 60.6 Å². The van der Waals surface area contributed by atoms with Crippen LogP contribution < -0.4 is 15.4 Å². The third kappa shape index (κ3) is 5.47. The van der Waals surface area contributed by atoms with Crippen LogP contribution in [0.1, 0.15) is 44.1 Å². The van der Waals surface area contributed by atoms with Gasteiger partial charge in [-0.05, 0) is 49.4 Å². The highest BCUT2D eigenvalue weighted by molar-refractivity contribution is 5.62. The summed E-state index contributed by atoms with van der Waals surface area (Å²) >= 11 is 0. The van der Waals surface area contributed by atoms with E-state index in [4.69, 9.17) is 4.74 Å². The van der Waals surface area contributed by atoms with Crippen molar-refractivity contribution in [3.63, 3.8) is 0 Å². The molecule has 1 saturated heterocycles. The zero-order valence-corrected chi connectivity index (χ0v) is 20.1. The molecule has 0 bridgehead atoms. The molecular formula is C27H34N6O. The first kappa shape index (κ1) is 22.6. The van der Waals surface area contributed by atoms with E-state index in [0.29, 0.717) is 6.04 Å². The Kier molecular flexibility index (Phi) is 6.90. The van der Waals surface area contributed by atoms with Gasteiger partial charge in [0.2, 0.25) is 0 Å². The van der Waals surface area contributed by atoms with Gasteiger partial charge in [-0.1, -0.05) is 25.1 Å². The van der Waals surface area contributed by atoms with Crippen molar-refractivity contribution in [2.75, 3.05) is 37.4 Å². The number of nitrogens with one attached hydrogen (secondary N) is 2. The molecule has 2 aliphatic rings. The number of piperidine rings is 1. The van der Waals surface area contributed by atoms with Gasteiger partial charge in [-0.3, -0.25) is 0 Å². The molecule has 0 radical (unpaired) electrons. The first-order chi connectivity index (χ1) is 16.7.